The van der Waals surface area contributed by atoms with Crippen LogP contribution < -0.4 is 5.73 Å². The lowest BCUT2D eigenvalue weighted by Gasteiger charge is -2.01. The van der Waals surface area contributed by atoms with Gasteiger partial charge in [-0.25, -0.2) is 9.67 Å². The lowest BCUT2D eigenvalue weighted by Crippen LogP contribution is -1.97. The fourth-order valence-corrected chi connectivity index (χ4v) is 1.91. The summed E-state index contributed by atoms with van der Waals surface area (Å²) in [6.07, 6.45) is 1.66. The minimum Gasteiger partial charge on any atom is -0.397 e. The van der Waals surface area contributed by atoms with Gasteiger partial charge in [-0.1, -0.05) is 18.2 Å². The van der Waals surface area contributed by atoms with Crippen molar-refractivity contribution in [2.24, 2.45) is 0 Å². The maximum absolute atomic E-state index is 5.74. The number of hydrogen-bond acceptors (Lipinski definition) is 3. The van der Waals surface area contributed by atoms with Crippen molar-refractivity contribution in [1.29, 1.82) is 0 Å². The van der Waals surface area contributed by atoms with Crippen molar-refractivity contribution >= 4 is 16.7 Å². The summed E-state index contributed by atoms with van der Waals surface area (Å²) in [5.74, 6) is 0. The Morgan fingerprint density at radius 1 is 1.18 bits per heavy atom. The van der Waals surface area contributed by atoms with Crippen LogP contribution in [0.4, 0.5) is 5.69 Å². The highest BCUT2D eigenvalue weighted by Crippen LogP contribution is 2.21. The van der Waals surface area contributed by atoms with E-state index in [2.05, 4.69) is 10.1 Å². The summed E-state index contributed by atoms with van der Waals surface area (Å²) in [6.45, 7) is 1.96. The van der Waals surface area contributed by atoms with Crippen LogP contribution in [0, 0.1) is 6.92 Å². The van der Waals surface area contributed by atoms with Gasteiger partial charge in [0.15, 0.2) is 5.65 Å². The van der Waals surface area contributed by atoms with Crippen LogP contribution >= 0.6 is 0 Å². The Balaban J connectivity index is 2.32. The van der Waals surface area contributed by atoms with Gasteiger partial charge < -0.3 is 5.73 Å². The van der Waals surface area contributed by atoms with Crippen LogP contribution in [0.25, 0.3) is 16.7 Å². The second-order valence-corrected chi connectivity index (χ2v) is 3.97. The lowest BCUT2D eigenvalue weighted by atomic mass is 10.2. The van der Waals surface area contributed by atoms with Gasteiger partial charge in [0.2, 0.25) is 0 Å². The van der Waals surface area contributed by atoms with Gasteiger partial charge in [-0.05, 0) is 25.1 Å². The Morgan fingerprint density at radius 2 is 1.94 bits per heavy atom. The molecule has 0 spiro atoms. The maximum Gasteiger partial charge on any atom is 0.163 e. The van der Waals surface area contributed by atoms with Gasteiger partial charge >= 0.3 is 0 Å². The largest absolute Gasteiger partial charge is 0.397 e. The second-order valence-electron chi connectivity index (χ2n) is 3.97. The average molecular weight is 224 g/mol. The Labute approximate surface area is 98.7 Å². The van der Waals surface area contributed by atoms with Crippen LogP contribution in [0.15, 0.2) is 42.6 Å². The Morgan fingerprint density at radius 3 is 2.71 bits per heavy atom. The van der Waals surface area contributed by atoms with Gasteiger partial charge in [0, 0.05) is 5.39 Å². The van der Waals surface area contributed by atoms with E-state index in [0.29, 0.717) is 5.69 Å². The van der Waals surface area contributed by atoms with Crippen molar-refractivity contribution in [3.05, 3.63) is 48.3 Å². The molecule has 0 aliphatic rings. The van der Waals surface area contributed by atoms with E-state index in [1.54, 1.807) is 6.20 Å². The van der Waals surface area contributed by atoms with Crippen LogP contribution in [0.3, 0.4) is 0 Å². The first-order valence-corrected chi connectivity index (χ1v) is 5.42. The molecule has 1 aromatic carbocycles. The molecule has 4 heteroatoms. The van der Waals surface area contributed by atoms with Gasteiger partial charge in [-0.3, -0.25) is 0 Å². The number of nitrogens with zero attached hydrogens (tertiary/aromatic N) is 3. The number of aryl methyl sites for hydroxylation is 1. The molecule has 4 nitrogen and oxygen atoms in total. The highest BCUT2D eigenvalue weighted by Gasteiger charge is 2.09. The molecule has 0 radical (unpaired) electrons. The van der Waals surface area contributed by atoms with Crippen molar-refractivity contribution in [2.75, 3.05) is 5.73 Å². The van der Waals surface area contributed by atoms with E-state index < -0.39 is 0 Å². The van der Waals surface area contributed by atoms with E-state index in [9.17, 15) is 0 Å². The minimum absolute atomic E-state index is 0.660. The predicted molar refractivity (Wildman–Crippen MR) is 68.0 cm³/mol. The number of hydrogen-bond donors (Lipinski definition) is 1. The summed E-state index contributed by atoms with van der Waals surface area (Å²) < 4.78 is 1.84. The summed E-state index contributed by atoms with van der Waals surface area (Å²) in [5, 5.41) is 5.49. The number of pyridine rings is 1. The zero-order chi connectivity index (χ0) is 11.8. The zero-order valence-corrected chi connectivity index (χ0v) is 9.46. The smallest absolute Gasteiger partial charge is 0.163 e. The number of anilines is 1. The van der Waals surface area contributed by atoms with E-state index >= 15 is 0 Å². The van der Waals surface area contributed by atoms with E-state index in [4.69, 9.17) is 5.73 Å². The van der Waals surface area contributed by atoms with E-state index in [0.717, 1.165) is 22.4 Å². The SMILES string of the molecule is Cc1nn(-c2ccccc2)c2ncc(N)cc12. The Kier molecular flexibility index (Phi) is 2.08. The molecule has 2 N–H and O–H groups in total. The van der Waals surface area contributed by atoms with Gasteiger partial charge in [-0.15, -0.1) is 0 Å². The van der Waals surface area contributed by atoms with E-state index in [1.165, 1.54) is 0 Å². The molecule has 17 heavy (non-hydrogen) atoms. The quantitative estimate of drug-likeness (QED) is 0.690. The number of rotatable bonds is 1. The third-order valence-electron chi connectivity index (χ3n) is 2.73. The van der Waals surface area contributed by atoms with Gasteiger partial charge in [0.25, 0.3) is 0 Å². The lowest BCUT2D eigenvalue weighted by molar-refractivity contribution is 0.878. The molecule has 2 aromatic heterocycles. The minimum atomic E-state index is 0.660. The van der Waals surface area contributed by atoms with Crippen molar-refractivity contribution < 1.29 is 0 Å². The summed E-state index contributed by atoms with van der Waals surface area (Å²) >= 11 is 0. The highest BCUT2D eigenvalue weighted by molar-refractivity contribution is 5.82. The molecule has 0 aliphatic heterocycles. The van der Waals surface area contributed by atoms with Crippen LogP contribution in [-0.2, 0) is 0 Å². The van der Waals surface area contributed by atoms with Gasteiger partial charge in [-0.2, -0.15) is 5.10 Å². The first-order valence-electron chi connectivity index (χ1n) is 5.42. The monoisotopic (exact) mass is 224 g/mol. The standard InChI is InChI=1S/C13H12N4/c1-9-12-7-10(14)8-15-13(12)17(16-9)11-5-3-2-4-6-11/h2-8H,14H2,1H3. The summed E-state index contributed by atoms with van der Waals surface area (Å²) in [4.78, 5) is 4.35. The van der Waals surface area contributed by atoms with E-state index in [-0.39, 0.29) is 0 Å². The number of aromatic nitrogens is 3. The number of nitrogens with two attached hydrogens (primary N) is 1. The van der Waals surface area contributed by atoms with E-state index in [1.807, 2.05) is 48.0 Å². The molecule has 2 heterocycles. The van der Waals surface area contributed by atoms with Crippen molar-refractivity contribution in [3.8, 4) is 5.69 Å². The average Bonchev–Trinajstić information content (AvgIpc) is 2.68. The molecule has 0 fully saturated rings. The molecule has 0 saturated carbocycles. The summed E-state index contributed by atoms with van der Waals surface area (Å²) in [5.41, 5.74) is 9.17. The number of fused-ring (bicyclic) bond motifs is 1. The fourth-order valence-electron chi connectivity index (χ4n) is 1.91. The second kappa shape index (κ2) is 3.59. The molecular formula is C13H12N4. The van der Waals surface area contributed by atoms with Crippen LogP contribution in [0.1, 0.15) is 5.69 Å². The molecule has 0 aliphatic carbocycles. The molecule has 0 unspecified atom stereocenters. The van der Waals surface area contributed by atoms with Crippen molar-refractivity contribution in [1.82, 2.24) is 14.8 Å². The number of nitrogen functional groups attached to an aromatic ring is 1. The van der Waals surface area contributed by atoms with Crippen LogP contribution in [0.2, 0.25) is 0 Å². The molecule has 0 amide bonds. The normalized spacial score (nSPS) is 10.9. The van der Waals surface area contributed by atoms with Gasteiger partial charge in [0.05, 0.1) is 23.3 Å². The maximum atomic E-state index is 5.74. The fraction of sp³-hybridized carbons (Fsp3) is 0.0769. The third-order valence-corrected chi connectivity index (χ3v) is 2.73. The predicted octanol–water partition coefficient (Wildman–Crippen LogP) is 2.31. The van der Waals surface area contributed by atoms with Crippen LogP contribution in [0.5, 0.6) is 0 Å². The zero-order valence-electron chi connectivity index (χ0n) is 9.46. The number of benzene rings is 1. The molecule has 0 atom stereocenters. The van der Waals surface area contributed by atoms with Crippen molar-refractivity contribution in [3.63, 3.8) is 0 Å². The topological polar surface area (TPSA) is 56.7 Å². The Hall–Kier alpha value is -2.36. The molecule has 0 bridgehead atoms. The molecular weight excluding hydrogens is 212 g/mol. The molecule has 3 aromatic rings. The molecule has 0 saturated heterocycles. The molecule has 84 valence electrons. The molecule has 3 rings (SSSR count). The van der Waals surface area contributed by atoms with Crippen LogP contribution in [-0.4, -0.2) is 14.8 Å². The first-order chi connectivity index (χ1) is 8.25. The third kappa shape index (κ3) is 1.54. The summed E-state index contributed by atoms with van der Waals surface area (Å²) in [6, 6.07) is 11.9. The first kappa shape index (κ1) is 9.84. The number of para-hydroxylation sites is 1. The highest BCUT2D eigenvalue weighted by atomic mass is 15.3. The van der Waals surface area contributed by atoms with Crippen molar-refractivity contribution in [2.45, 2.75) is 6.92 Å². The Bertz CT molecular complexity index is 670. The summed E-state index contributed by atoms with van der Waals surface area (Å²) in [7, 11) is 0. The van der Waals surface area contributed by atoms with Gasteiger partial charge in [0.1, 0.15) is 0 Å².